The maximum absolute atomic E-state index is 12.3. The Morgan fingerprint density at radius 2 is 1.74 bits per heavy atom. The highest BCUT2D eigenvalue weighted by Gasteiger charge is 2.31. The van der Waals surface area contributed by atoms with Crippen LogP contribution in [-0.2, 0) is 4.79 Å². The summed E-state index contributed by atoms with van der Waals surface area (Å²) < 4.78 is 11.3. The van der Waals surface area contributed by atoms with Crippen LogP contribution in [-0.4, -0.2) is 47.2 Å². The highest BCUT2D eigenvalue weighted by molar-refractivity contribution is 5.92. The molecule has 0 radical (unpaired) electrons. The lowest BCUT2D eigenvalue weighted by Crippen LogP contribution is -2.38. The quantitative estimate of drug-likeness (QED) is 0.806. The lowest BCUT2D eigenvalue weighted by molar-refractivity contribution is -0.117. The van der Waals surface area contributed by atoms with Crippen LogP contribution in [0.25, 0.3) is 0 Å². The molecule has 1 saturated carbocycles. The van der Waals surface area contributed by atoms with Crippen molar-refractivity contribution in [3.63, 3.8) is 0 Å². The summed E-state index contributed by atoms with van der Waals surface area (Å²) in [7, 11) is 0. The first-order chi connectivity index (χ1) is 13.2. The number of rotatable bonds is 7. The van der Waals surface area contributed by atoms with Crippen molar-refractivity contribution in [2.45, 2.75) is 44.4 Å². The zero-order valence-corrected chi connectivity index (χ0v) is 15.7. The van der Waals surface area contributed by atoms with E-state index in [0.29, 0.717) is 25.0 Å². The van der Waals surface area contributed by atoms with Crippen LogP contribution < -0.4 is 10.1 Å². The summed E-state index contributed by atoms with van der Waals surface area (Å²) in [5, 5.41) is 11.4. The molecular formula is C20H26N4O3. The summed E-state index contributed by atoms with van der Waals surface area (Å²) in [5.41, 5.74) is 0.789. The Balaban J connectivity index is 1.22. The largest absolute Gasteiger partial charge is 0.494 e. The maximum atomic E-state index is 12.3. The van der Waals surface area contributed by atoms with Crippen molar-refractivity contribution in [1.82, 2.24) is 15.1 Å². The number of hydrogen-bond acceptors (Lipinski definition) is 6. The number of nitrogens with zero attached hydrogens (tertiary/aromatic N) is 3. The van der Waals surface area contributed by atoms with Gasteiger partial charge in [0, 0.05) is 17.5 Å². The Hall–Kier alpha value is -2.41. The molecule has 0 spiro atoms. The Morgan fingerprint density at radius 3 is 2.33 bits per heavy atom. The third-order valence-electron chi connectivity index (χ3n) is 5.14. The summed E-state index contributed by atoms with van der Waals surface area (Å²) in [4.78, 5) is 14.5. The minimum atomic E-state index is 0.00594. The molecule has 144 valence electrons. The molecule has 2 aromatic rings. The van der Waals surface area contributed by atoms with E-state index in [1.807, 2.05) is 31.2 Å². The Labute approximate surface area is 159 Å². The molecule has 1 aromatic carbocycles. The Kier molecular flexibility index (Phi) is 5.38. The van der Waals surface area contributed by atoms with Crippen LogP contribution in [0.4, 0.5) is 5.69 Å². The van der Waals surface area contributed by atoms with Gasteiger partial charge in [-0.25, -0.2) is 0 Å². The third kappa shape index (κ3) is 4.66. The van der Waals surface area contributed by atoms with Crippen molar-refractivity contribution >= 4 is 11.6 Å². The van der Waals surface area contributed by atoms with Crippen LogP contribution in [0.2, 0.25) is 0 Å². The van der Waals surface area contributed by atoms with E-state index in [-0.39, 0.29) is 5.91 Å². The van der Waals surface area contributed by atoms with Gasteiger partial charge in [-0.1, -0.05) is 0 Å². The van der Waals surface area contributed by atoms with Crippen molar-refractivity contribution in [2.24, 2.45) is 0 Å². The summed E-state index contributed by atoms with van der Waals surface area (Å²) >= 11 is 0. The summed E-state index contributed by atoms with van der Waals surface area (Å²) in [6.45, 7) is 4.71. The molecule has 2 heterocycles. The molecule has 1 amide bonds. The fraction of sp³-hybridized carbons (Fsp3) is 0.550. The van der Waals surface area contributed by atoms with Crippen LogP contribution in [0.15, 0.2) is 28.7 Å². The molecule has 4 rings (SSSR count). The minimum absolute atomic E-state index is 0.00594. The van der Waals surface area contributed by atoms with Gasteiger partial charge in [0.15, 0.2) is 0 Å². The Morgan fingerprint density at radius 1 is 1.11 bits per heavy atom. The highest BCUT2D eigenvalue weighted by Crippen LogP contribution is 2.40. The molecule has 7 nitrogen and oxygen atoms in total. The van der Waals surface area contributed by atoms with Crippen molar-refractivity contribution in [3.8, 4) is 5.75 Å². The number of amides is 1. The third-order valence-corrected chi connectivity index (χ3v) is 5.14. The van der Waals surface area contributed by atoms with E-state index in [1.54, 1.807) is 0 Å². The maximum Gasteiger partial charge on any atom is 0.238 e. The monoisotopic (exact) mass is 370 g/mol. The van der Waals surface area contributed by atoms with Gasteiger partial charge in [0.1, 0.15) is 5.75 Å². The number of hydrogen-bond donors (Lipinski definition) is 1. The highest BCUT2D eigenvalue weighted by atomic mass is 16.5. The van der Waals surface area contributed by atoms with Gasteiger partial charge in [-0.2, -0.15) is 0 Å². The lowest BCUT2D eigenvalue weighted by Gasteiger charge is -2.29. The Bertz CT molecular complexity index is 762. The summed E-state index contributed by atoms with van der Waals surface area (Å²) in [5.74, 6) is 3.21. The summed E-state index contributed by atoms with van der Waals surface area (Å²) in [6.07, 6.45) is 4.23. The standard InChI is InChI=1S/C20H26N4O3/c1-2-26-17-7-5-16(6-8-17)21-18(25)13-24-11-9-15(10-12-24)20-23-22-19(27-20)14-3-4-14/h5-8,14-15H,2-4,9-13H2,1H3,(H,21,25). The molecule has 0 bridgehead atoms. The summed E-state index contributed by atoms with van der Waals surface area (Å²) in [6, 6.07) is 7.46. The van der Waals surface area contributed by atoms with Gasteiger partial charge in [0.2, 0.25) is 17.7 Å². The molecule has 0 atom stereocenters. The smallest absolute Gasteiger partial charge is 0.238 e. The second-order valence-electron chi connectivity index (χ2n) is 7.31. The molecule has 0 unspecified atom stereocenters. The molecule has 1 aliphatic heterocycles. The van der Waals surface area contributed by atoms with Gasteiger partial charge in [0.05, 0.1) is 13.2 Å². The molecular weight excluding hydrogens is 344 g/mol. The number of nitrogens with one attached hydrogen (secondary N) is 1. The zero-order chi connectivity index (χ0) is 18.6. The predicted octanol–water partition coefficient (Wildman–Crippen LogP) is 3.16. The topological polar surface area (TPSA) is 80.5 Å². The van der Waals surface area contributed by atoms with E-state index in [0.717, 1.165) is 49.1 Å². The number of likely N-dealkylation sites (tertiary alicyclic amines) is 1. The van der Waals surface area contributed by atoms with Gasteiger partial charge in [0.25, 0.3) is 0 Å². The van der Waals surface area contributed by atoms with Gasteiger partial charge in [-0.15, -0.1) is 10.2 Å². The first kappa shape index (κ1) is 18.0. The number of anilines is 1. The molecule has 1 aromatic heterocycles. The fourth-order valence-electron chi connectivity index (χ4n) is 3.45. The van der Waals surface area contributed by atoms with E-state index in [4.69, 9.17) is 9.15 Å². The minimum Gasteiger partial charge on any atom is -0.494 e. The van der Waals surface area contributed by atoms with E-state index >= 15 is 0 Å². The van der Waals surface area contributed by atoms with Crippen molar-refractivity contribution < 1.29 is 13.9 Å². The van der Waals surface area contributed by atoms with Crippen LogP contribution >= 0.6 is 0 Å². The van der Waals surface area contributed by atoms with Gasteiger partial charge >= 0.3 is 0 Å². The second-order valence-corrected chi connectivity index (χ2v) is 7.31. The number of carbonyl (C=O) groups excluding carboxylic acids is 1. The number of piperidine rings is 1. The predicted molar refractivity (Wildman–Crippen MR) is 101 cm³/mol. The van der Waals surface area contributed by atoms with Crippen LogP contribution in [0.5, 0.6) is 5.75 Å². The van der Waals surface area contributed by atoms with E-state index in [2.05, 4.69) is 20.4 Å². The van der Waals surface area contributed by atoms with Gasteiger partial charge in [-0.3, -0.25) is 9.69 Å². The fourth-order valence-corrected chi connectivity index (χ4v) is 3.45. The first-order valence-electron chi connectivity index (χ1n) is 9.79. The molecule has 1 N–H and O–H groups in total. The van der Waals surface area contributed by atoms with Gasteiger partial charge in [-0.05, 0) is 70.0 Å². The number of aromatic nitrogens is 2. The number of ether oxygens (including phenoxy) is 1. The SMILES string of the molecule is CCOc1ccc(NC(=O)CN2CCC(c3nnc(C4CC4)o3)CC2)cc1. The van der Waals surface area contributed by atoms with E-state index in [9.17, 15) is 4.79 Å². The molecule has 2 aliphatic rings. The van der Waals surface area contributed by atoms with Crippen LogP contribution in [0.1, 0.15) is 56.2 Å². The molecule has 7 heteroatoms. The van der Waals surface area contributed by atoms with Crippen molar-refractivity contribution in [3.05, 3.63) is 36.0 Å². The zero-order valence-electron chi connectivity index (χ0n) is 15.7. The second kappa shape index (κ2) is 8.08. The number of benzene rings is 1. The normalized spacial score (nSPS) is 18.4. The van der Waals surface area contributed by atoms with Crippen LogP contribution in [0.3, 0.4) is 0 Å². The molecule has 1 aliphatic carbocycles. The molecule has 1 saturated heterocycles. The van der Waals surface area contributed by atoms with E-state index < -0.39 is 0 Å². The average Bonchev–Trinajstić information content (AvgIpc) is 3.41. The molecule has 27 heavy (non-hydrogen) atoms. The first-order valence-corrected chi connectivity index (χ1v) is 9.79. The van der Waals surface area contributed by atoms with Crippen LogP contribution in [0, 0.1) is 0 Å². The van der Waals surface area contributed by atoms with Crippen molar-refractivity contribution in [2.75, 3.05) is 31.6 Å². The van der Waals surface area contributed by atoms with Gasteiger partial charge < -0.3 is 14.5 Å². The lowest BCUT2D eigenvalue weighted by atomic mass is 9.97. The number of carbonyl (C=O) groups is 1. The molecule has 2 fully saturated rings. The van der Waals surface area contributed by atoms with Crippen molar-refractivity contribution in [1.29, 1.82) is 0 Å². The average molecular weight is 370 g/mol. The van der Waals surface area contributed by atoms with E-state index in [1.165, 1.54) is 12.8 Å².